The Morgan fingerprint density at radius 1 is 1.21 bits per heavy atom. The Labute approximate surface area is 253 Å². The molecule has 3 aromatic carbocycles. The number of nitrogens with one attached hydrogen (secondary N) is 2. The topological polar surface area (TPSA) is 141 Å². The van der Waals surface area contributed by atoms with E-state index in [-0.39, 0.29) is 24.7 Å². The summed E-state index contributed by atoms with van der Waals surface area (Å²) in [6.45, 7) is 4.76. The minimum Gasteiger partial charge on any atom is -0.494 e. The number of hydrogen-bond acceptors (Lipinski definition) is 8. The highest BCUT2D eigenvalue weighted by molar-refractivity contribution is 7.98. The number of benzene rings is 3. The van der Waals surface area contributed by atoms with Crippen molar-refractivity contribution in [2.75, 3.05) is 25.5 Å². The highest BCUT2D eigenvalue weighted by atomic mass is 32.2. The van der Waals surface area contributed by atoms with Crippen molar-refractivity contribution in [1.82, 2.24) is 10.9 Å². The minimum atomic E-state index is -1.46. The molecule has 1 aliphatic heterocycles. The lowest BCUT2D eigenvalue weighted by Gasteiger charge is -2.30. The summed E-state index contributed by atoms with van der Waals surface area (Å²) in [5.41, 5.74) is 16.0. The molecule has 1 amide bonds. The molecule has 0 bridgehead atoms. The average molecular weight is 605 g/mol. The lowest BCUT2D eigenvalue weighted by Crippen LogP contribution is -2.52. The van der Waals surface area contributed by atoms with Gasteiger partial charge in [0.1, 0.15) is 11.6 Å². The summed E-state index contributed by atoms with van der Waals surface area (Å²) in [7, 11) is 0. The number of amides is 1. The summed E-state index contributed by atoms with van der Waals surface area (Å²) >= 11 is 1.64. The predicted octanol–water partition coefficient (Wildman–Crippen LogP) is 5.92. The van der Waals surface area contributed by atoms with Gasteiger partial charge in [-0.05, 0) is 47.5 Å². The van der Waals surface area contributed by atoms with Crippen LogP contribution in [0.5, 0.6) is 5.75 Å². The number of hydrogen-bond donors (Lipinski definition) is 3. The summed E-state index contributed by atoms with van der Waals surface area (Å²) in [6, 6.07) is 20.4. The van der Waals surface area contributed by atoms with E-state index >= 15 is 0 Å². The second-order valence-corrected chi connectivity index (χ2v) is 10.7. The molecule has 0 fully saturated rings. The Kier molecular flexibility index (Phi) is 11.6. The number of aliphatic hydroxyl groups is 1. The second-order valence-electron chi connectivity index (χ2n) is 9.59. The van der Waals surface area contributed by atoms with E-state index in [0.29, 0.717) is 53.6 Å². The van der Waals surface area contributed by atoms with Crippen LogP contribution in [0, 0.1) is 5.82 Å². The third-order valence-electron chi connectivity index (χ3n) is 6.61. The van der Waals surface area contributed by atoms with Crippen LogP contribution in [0.3, 0.4) is 0 Å². The van der Waals surface area contributed by atoms with Gasteiger partial charge >= 0.3 is 0 Å². The van der Waals surface area contributed by atoms with Gasteiger partial charge in [-0.2, -0.15) is 11.8 Å². The van der Waals surface area contributed by atoms with Crippen LogP contribution in [-0.4, -0.2) is 48.0 Å². The zero-order valence-electron chi connectivity index (χ0n) is 23.5. The van der Waals surface area contributed by atoms with Gasteiger partial charge in [0.25, 0.3) is 5.91 Å². The zero-order chi connectivity index (χ0) is 30.5. The molecule has 0 radical (unpaired) electrons. The monoisotopic (exact) mass is 604 g/mol. The highest BCUT2D eigenvalue weighted by Gasteiger charge is 2.53. The van der Waals surface area contributed by atoms with E-state index in [1.54, 1.807) is 78.5 Å². The van der Waals surface area contributed by atoms with Crippen LogP contribution in [0.1, 0.15) is 35.6 Å². The minimum absolute atomic E-state index is 0.0403. The molecule has 43 heavy (non-hydrogen) atoms. The Morgan fingerprint density at radius 3 is 2.70 bits per heavy atom. The van der Waals surface area contributed by atoms with Crippen LogP contribution in [0.15, 0.2) is 95.6 Å². The number of halogens is 1. The Morgan fingerprint density at radius 2 is 1.98 bits per heavy atom. The summed E-state index contributed by atoms with van der Waals surface area (Å²) in [5, 5.41) is 12.8. The molecule has 2 atom stereocenters. The van der Waals surface area contributed by atoms with Crippen LogP contribution in [-0.2, 0) is 15.3 Å². The number of carbonyl (C=O) groups excluding carboxylic acids is 1. The molecule has 1 aliphatic rings. The van der Waals surface area contributed by atoms with Crippen molar-refractivity contribution in [2.45, 2.75) is 30.2 Å². The molecule has 3 N–H and O–H groups in total. The molecule has 224 valence electrons. The summed E-state index contributed by atoms with van der Waals surface area (Å²) in [4.78, 5) is 21.7. The van der Waals surface area contributed by atoms with Crippen molar-refractivity contribution in [2.24, 2.45) is 10.1 Å². The van der Waals surface area contributed by atoms with Crippen LogP contribution in [0.4, 0.5) is 10.1 Å². The van der Waals surface area contributed by atoms with Crippen LogP contribution >= 0.6 is 11.8 Å². The lowest BCUT2D eigenvalue weighted by molar-refractivity contribution is -0.129. The number of rotatable bonds is 16. The number of thioether (sulfide) groups is 1. The number of hydrazine groups is 1. The smallest absolute Gasteiger partial charge is 0.266 e. The first kappa shape index (κ1) is 31.6. The normalized spacial score (nSPS) is 17.3. The number of azide groups is 1. The number of aliphatic hydroxyl groups excluding tert-OH is 1. The van der Waals surface area contributed by atoms with Crippen molar-refractivity contribution in [3.05, 3.63) is 118 Å². The Bertz CT molecular complexity index is 1460. The maximum absolute atomic E-state index is 13.9. The van der Waals surface area contributed by atoms with E-state index < -0.39 is 17.6 Å². The maximum Gasteiger partial charge on any atom is 0.266 e. The van der Waals surface area contributed by atoms with Crippen molar-refractivity contribution in [3.8, 4) is 5.75 Å². The largest absolute Gasteiger partial charge is 0.494 e. The van der Waals surface area contributed by atoms with Crippen LogP contribution in [0.25, 0.3) is 10.4 Å². The summed E-state index contributed by atoms with van der Waals surface area (Å²) in [5.74, 6) is 1.56. The SMILES string of the molecule is C=CC[C@]1(C(=O)NNCCSCc2ccc(F)cc2)N=C(c2ccc(OCCCO)cc2)O[C@H]1c1ccccc1N=[N+]=[N-]. The fourth-order valence-corrected chi connectivity index (χ4v) is 5.32. The molecule has 12 heteroatoms. The highest BCUT2D eigenvalue weighted by Crippen LogP contribution is 2.45. The molecule has 0 aliphatic carbocycles. The molecule has 1 heterocycles. The Hall–Kier alpha value is -4.35. The molecule has 0 aromatic heterocycles. The molecule has 0 saturated carbocycles. The second kappa shape index (κ2) is 15.8. The van der Waals surface area contributed by atoms with Crippen LogP contribution in [0.2, 0.25) is 0 Å². The first-order valence-electron chi connectivity index (χ1n) is 13.7. The van der Waals surface area contributed by atoms with Gasteiger partial charge < -0.3 is 14.6 Å². The number of nitrogens with zero attached hydrogens (tertiary/aromatic N) is 4. The Balaban J connectivity index is 1.53. The third-order valence-corrected chi connectivity index (χ3v) is 7.64. The van der Waals surface area contributed by atoms with Gasteiger partial charge in [-0.3, -0.25) is 10.2 Å². The molecule has 10 nitrogen and oxygen atoms in total. The van der Waals surface area contributed by atoms with Gasteiger partial charge in [0.2, 0.25) is 5.90 Å². The van der Waals surface area contributed by atoms with Gasteiger partial charge in [0.05, 0.1) is 6.61 Å². The average Bonchev–Trinajstić information content (AvgIpc) is 3.41. The van der Waals surface area contributed by atoms with Crippen molar-refractivity contribution in [1.29, 1.82) is 0 Å². The van der Waals surface area contributed by atoms with E-state index in [9.17, 15) is 14.7 Å². The van der Waals surface area contributed by atoms with E-state index in [0.717, 1.165) is 5.56 Å². The number of carbonyl (C=O) groups is 1. The summed E-state index contributed by atoms with van der Waals surface area (Å²) in [6.07, 6.45) is 1.34. The zero-order valence-corrected chi connectivity index (χ0v) is 24.3. The molecule has 4 rings (SSSR count). The van der Waals surface area contributed by atoms with Crippen molar-refractivity contribution in [3.63, 3.8) is 0 Å². The van der Waals surface area contributed by atoms with E-state index in [1.165, 1.54) is 12.1 Å². The van der Waals surface area contributed by atoms with E-state index in [1.807, 2.05) is 0 Å². The van der Waals surface area contributed by atoms with Gasteiger partial charge in [-0.1, -0.05) is 47.6 Å². The quantitative estimate of drug-likeness (QED) is 0.0463. The fraction of sp³-hybridized carbons (Fsp3) is 0.290. The fourth-order valence-electron chi connectivity index (χ4n) is 4.51. The van der Waals surface area contributed by atoms with Gasteiger partial charge in [-0.15, -0.1) is 6.58 Å². The third kappa shape index (κ3) is 8.14. The van der Waals surface area contributed by atoms with Gasteiger partial charge in [0.15, 0.2) is 11.6 Å². The standard InChI is InChI=1S/C31H33FN6O4S/c1-2-16-31(30(40)37-34-17-20-43-21-22-8-12-24(32)13-9-22)28(26-6-3-4-7-27(26)36-38-33)42-29(35-31)23-10-14-25(15-11-23)41-19-5-18-39/h2-4,6-15,28,34,39H,1,5,16-21H2,(H,37,40)/t28-,31-/m0/s1. The van der Waals surface area contributed by atoms with E-state index in [2.05, 4.69) is 27.5 Å². The van der Waals surface area contributed by atoms with E-state index in [4.69, 9.17) is 19.6 Å². The van der Waals surface area contributed by atoms with Gasteiger partial charge in [-0.25, -0.2) is 14.8 Å². The van der Waals surface area contributed by atoms with Crippen molar-refractivity contribution >= 4 is 29.3 Å². The molecule has 3 aromatic rings. The molecular weight excluding hydrogens is 571 g/mol. The predicted molar refractivity (Wildman–Crippen MR) is 166 cm³/mol. The first-order chi connectivity index (χ1) is 21.0. The number of ether oxygens (including phenoxy) is 2. The first-order valence-corrected chi connectivity index (χ1v) is 14.9. The van der Waals surface area contributed by atoms with Crippen LogP contribution < -0.4 is 15.6 Å². The van der Waals surface area contributed by atoms with Gasteiger partial charge in [0, 0.05) is 59.2 Å². The molecular formula is C31H33FN6O4S. The molecule has 0 spiro atoms. The van der Waals surface area contributed by atoms with Crippen molar-refractivity contribution < 1.29 is 23.8 Å². The molecule has 0 saturated heterocycles. The lowest BCUT2D eigenvalue weighted by atomic mass is 9.84. The maximum atomic E-state index is 13.9. The summed E-state index contributed by atoms with van der Waals surface area (Å²) < 4.78 is 25.1. The number of aliphatic imine (C=N–C) groups is 1. The molecule has 0 unspecified atom stereocenters.